The second-order valence-corrected chi connectivity index (χ2v) is 5.53. The smallest absolute Gasteiger partial charge is 0.534 e. The lowest BCUT2D eigenvalue weighted by atomic mass is 9.72. The lowest BCUT2D eigenvalue weighted by Gasteiger charge is -2.28. The molecule has 130 valence electrons. The summed E-state index contributed by atoms with van der Waals surface area (Å²) >= 11 is 0. The van der Waals surface area contributed by atoms with Crippen LogP contribution >= 0.6 is 0 Å². The minimum atomic E-state index is -1.39. The van der Waals surface area contributed by atoms with Crippen LogP contribution in [0.1, 0.15) is 21.6 Å². The average Bonchev–Trinajstić information content (AvgIpc) is 3.02. The predicted molar refractivity (Wildman–Crippen MR) is 82.5 cm³/mol. The van der Waals surface area contributed by atoms with E-state index in [4.69, 9.17) is 9.76 Å². The number of nitrogens with zero attached hydrogens (tertiary/aromatic N) is 3. The maximum Gasteiger partial charge on any atom is 0.547 e. The Morgan fingerprint density at radius 1 is 1.48 bits per heavy atom. The molecule has 11 heteroatoms. The van der Waals surface area contributed by atoms with E-state index in [9.17, 15) is 19.0 Å². The molecule has 3 rings (SSSR count). The van der Waals surface area contributed by atoms with Crippen molar-refractivity contribution in [1.29, 1.82) is 0 Å². The summed E-state index contributed by atoms with van der Waals surface area (Å²) in [6.45, 7) is -0.974. The van der Waals surface area contributed by atoms with Gasteiger partial charge in [-0.2, -0.15) is 0 Å². The van der Waals surface area contributed by atoms with Crippen LogP contribution in [0, 0.1) is 0 Å². The number of hydrogen-bond donors (Lipinski definition) is 3. The van der Waals surface area contributed by atoms with Crippen LogP contribution in [0.4, 0.5) is 4.39 Å². The Kier molecular flexibility index (Phi) is 4.66. The summed E-state index contributed by atoms with van der Waals surface area (Å²) in [6, 6.07) is 4.61. The normalized spacial score (nSPS) is 16.1. The number of carbonyl (C=O) groups excluding carboxylic acids is 1. The van der Waals surface area contributed by atoms with Crippen LogP contribution in [0.25, 0.3) is 0 Å². The molecule has 0 radical (unpaired) electrons. The summed E-state index contributed by atoms with van der Waals surface area (Å²) in [7, 11) is -1.39. The van der Waals surface area contributed by atoms with Gasteiger partial charge < -0.3 is 20.1 Å². The minimum absolute atomic E-state index is 0.0531. The topological polar surface area (TPSA) is 127 Å². The van der Waals surface area contributed by atoms with Gasteiger partial charge in [0.1, 0.15) is 24.7 Å². The van der Waals surface area contributed by atoms with Gasteiger partial charge in [-0.15, -0.1) is 5.10 Å². The lowest BCUT2D eigenvalue weighted by molar-refractivity contribution is -0.122. The number of benzene rings is 1. The molecule has 0 fully saturated rings. The number of carbonyl (C=O) groups is 2. The zero-order valence-electron chi connectivity index (χ0n) is 12.9. The van der Waals surface area contributed by atoms with Crippen LogP contribution in [-0.2, 0) is 24.4 Å². The van der Waals surface area contributed by atoms with Gasteiger partial charge in [0, 0.05) is 0 Å². The highest BCUT2D eigenvalue weighted by molar-refractivity contribution is 6.47. The zero-order valence-corrected chi connectivity index (χ0v) is 12.9. The van der Waals surface area contributed by atoms with Crippen molar-refractivity contribution in [3.63, 3.8) is 0 Å². The van der Waals surface area contributed by atoms with Crippen LogP contribution in [0.5, 0.6) is 5.75 Å². The molecule has 1 unspecified atom stereocenters. The van der Waals surface area contributed by atoms with Crippen LogP contribution in [0.3, 0.4) is 0 Å². The molecule has 0 aliphatic carbocycles. The molecule has 1 amide bonds. The second kappa shape index (κ2) is 6.89. The third kappa shape index (κ3) is 3.60. The average molecular weight is 348 g/mol. The Balaban J connectivity index is 1.68. The van der Waals surface area contributed by atoms with Gasteiger partial charge in [0.2, 0.25) is 5.91 Å². The van der Waals surface area contributed by atoms with E-state index in [1.165, 1.54) is 16.9 Å². The van der Waals surface area contributed by atoms with E-state index in [1.54, 1.807) is 12.1 Å². The molecule has 2 heterocycles. The van der Waals surface area contributed by atoms with Gasteiger partial charge in [-0.05, 0) is 18.1 Å². The molecule has 0 saturated carbocycles. The van der Waals surface area contributed by atoms with Crippen LogP contribution in [-0.4, -0.2) is 50.1 Å². The Labute approximate surface area is 141 Å². The van der Waals surface area contributed by atoms with Crippen molar-refractivity contribution in [2.24, 2.45) is 0 Å². The number of carboxylic acids is 1. The number of carboxylic acid groups (broad SMARTS) is 1. The largest absolute Gasteiger partial charge is 0.547 e. The third-order valence-corrected chi connectivity index (χ3v) is 3.72. The fourth-order valence-electron chi connectivity index (χ4n) is 2.59. The summed E-state index contributed by atoms with van der Waals surface area (Å²) in [5, 5.41) is 29.0. The third-order valence-electron chi connectivity index (χ3n) is 3.72. The highest BCUT2D eigenvalue weighted by Crippen LogP contribution is 2.30. The predicted octanol–water partition coefficient (Wildman–Crippen LogP) is -0.415. The van der Waals surface area contributed by atoms with E-state index in [0.717, 1.165) is 0 Å². The first-order valence-electron chi connectivity index (χ1n) is 7.42. The lowest BCUT2D eigenvalue weighted by Crippen LogP contribution is -2.53. The summed E-state index contributed by atoms with van der Waals surface area (Å²) in [6.07, 6.45) is 1.51. The molecular formula is C14H14BFN4O5. The van der Waals surface area contributed by atoms with E-state index in [-0.39, 0.29) is 30.0 Å². The summed E-state index contributed by atoms with van der Waals surface area (Å²) in [4.78, 5) is 23.3. The Morgan fingerprint density at radius 2 is 2.28 bits per heavy atom. The SMILES string of the molecule is O=C(Cn1cc(CF)nn1)NC1Cc2cccc(C(=O)O)c2OB1O. The molecule has 1 aromatic carbocycles. The molecule has 1 atom stereocenters. The highest BCUT2D eigenvalue weighted by Gasteiger charge is 2.37. The van der Waals surface area contributed by atoms with Crippen molar-refractivity contribution in [1.82, 2.24) is 20.3 Å². The first-order chi connectivity index (χ1) is 12.0. The molecule has 1 aliphatic heterocycles. The minimum Gasteiger partial charge on any atom is -0.534 e. The van der Waals surface area contributed by atoms with Crippen molar-refractivity contribution < 1.29 is 28.8 Å². The molecule has 9 nitrogen and oxygen atoms in total. The summed E-state index contributed by atoms with van der Waals surface area (Å²) in [5.74, 6) is -2.30. The Hall–Kier alpha value is -2.95. The van der Waals surface area contributed by atoms with Gasteiger partial charge in [0.05, 0.1) is 17.7 Å². The van der Waals surface area contributed by atoms with Gasteiger partial charge >= 0.3 is 13.1 Å². The number of para-hydroxylation sites is 1. The molecule has 25 heavy (non-hydrogen) atoms. The van der Waals surface area contributed by atoms with Crippen molar-refractivity contribution in [2.75, 3.05) is 0 Å². The zero-order chi connectivity index (χ0) is 18.0. The van der Waals surface area contributed by atoms with Crippen LogP contribution in [0.15, 0.2) is 24.4 Å². The van der Waals surface area contributed by atoms with Gasteiger partial charge in [-0.1, -0.05) is 17.3 Å². The molecule has 1 aromatic heterocycles. The maximum absolute atomic E-state index is 12.4. The van der Waals surface area contributed by atoms with Crippen molar-refractivity contribution in [3.05, 3.63) is 41.2 Å². The van der Waals surface area contributed by atoms with Gasteiger partial charge in [0.25, 0.3) is 0 Å². The van der Waals surface area contributed by atoms with E-state index < -0.39 is 31.6 Å². The molecule has 0 bridgehead atoms. The number of alkyl halides is 1. The first kappa shape index (κ1) is 16.9. The molecule has 0 saturated heterocycles. The molecule has 2 aromatic rings. The maximum atomic E-state index is 12.4. The van der Waals surface area contributed by atoms with Crippen molar-refractivity contribution in [3.8, 4) is 5.75 Å². The Morgan fingerprint density at radius 3 is 2.96 bits per heavy atom. The quantitative estimate of drug-likeness (QED) is 0.627. The van der Waals surface area contributed by atoms with Crippen molar-refractivity contribution >= 4 is 19.0 Å². The standard InChI is InChI=1S/C14H14BFN4O5/c16-5-9-6-20(19-18-9)7-12(21)17-11-4-8-2-1-3-10(14(22)23)13(8)25-15(11)24/h1-3,6,11,24H,4-5,7H2,(H,17,21)(H,22,23). The number of halogens is 1. The monoisotopic (exact) mass is 348 g/mol. The molecule has 3 N–H and O–H groups in total. The molecular weight excluding hydrogens is 334 g/mol. The van der Waals surface area contributed by atoms with Crippen LogP contribution < -0.4 is 9.97 Å². The molecule has 0 spiro atoms. The number of rotatable bonds is 5. The molecule has 1 aliphatic rings. The number of aromatic nitrogens is 3. The number of fused-ring (bicyclic) bond motifs is 1. The first-order valence-corrected chi connectivity index (χ1v) is 7.42. The highest BCUT2D eigenvalue weighted by atomic mass is 19.1. The van der Waals surface area contributed by atoms with Gasteiger partial charge in [-0.25, -0.2) is 13.9 Å². The number of aromatic carboxylic acids is 1. The van der Waals surface area contributed by atoms with Crippen LogP contribution in [0.2, 0.25) is 0 Å². The number of nitrogens with one attached hydrogen (secondary N) is 1. The van der Waals surface area contributed by atoms with E-state index in [1.807, 2.05) is 0 Å². The van der Waals surface area contributed by atoms with E-state index in [0.29, 0.717) is 5.56 Å². The van der Waals surface area contributed by atoms with Crippen molar-refractivity contribution in [2.45, 2.75) is 25.6 Å². The number of hydrogen-bond acceptors (Lipinski definition) is 6. The van der Waals surface area contributed by atoms with E-state index >= 15 is 0 Å². The fraction of sp³-hybridized carbons (Fsp3) is 0.286. The summed E-state index contributed by atoms with van der Waals surface area (Å²) in [5.41, 5.74) is 0.627. The summed E-state index contributed by atoms with van der Waals surface area (Å²) < 4.78 is 18.9. The van der Waals surface area contributed by atoms with E-state index in [2.05, 4.69) is 15.6 Å². The second-order valence-electron chi connectivity index (χ2n) is 5.53. The fourth-order valence-corrected chi connectivity index (χ4v) is 2.59. The van der Waals surface area contributed by atoms with Gasteiger partial charge in [-0.3, -0.25) is 4.79 Å². The Bertz CT molecular complexity index is 814. The number of amides is 1. The van der Waals surface area contributed by atoms with Gasteiger partial charge in [0.15, 0.2) is 0 Å².